The SMILES string of the molecule is Cc1onc(OCC(C)(N)c2ccccc2)c1-c1ccn2nc(NC(=O)C3CC3)cc2c1. The van der Waals surface area contributed by atoms with E-state index in [9.17, 15) is 4.79 Å². The molecular weight excluding hydrogens is 406 g/mol. The van der Waals surface area contributed by atoms with Gasteiger partial charge in [0.2, 0.25) is 5.91 Å². The normalized spacial score (nSPS) is 15.5. The molecule has 1 amide bonds. The molecule has 0 spiro atoms. The van der Waals surface area contributed by atoms with Crippen molar-refractivity contribution in [2.75, 3.05) is 11.9 Å². The van der Waals surface area contributed by atoms with Crippen LogP contribution >= 0.6 is 0 Å². The van der Waals surface area contributed by atoms with E-state index >= 15 is 0 Å². The van der Waals surface area contributed by atoms with Crippen molar-refractivity contribution in [3.63, 3.8) is 0 Å². The molecule has 0 bridgehead atoms. The number of hydrogen-bond acceptors (Lipinski definition) is 6. The molecule has 1 saturated carbocycles. The van der Waals surface area contributed by atoms with Gasteiger partial charge in [-0.05, 0) is 55.1 Å². The first-order valence-corrected chi connectivity index (χ1v) is 10.6. The maximum atomic E-state index is 12.0. The van der Waals surface area contributed by atoms with Crippen molar-refractivity contribution in [1.29, 1.82) is 0 Å². The second kappa shape index (κ2) is 7.80. The Morgan fingerprint density at radius 3 is 2.81 bits per heavy atom. The predicted molar refractivity (Wildman–Crippen MR) is 120 cm³/mol. The minimum atomic E-state index is -0.685. The molecule has 8 nitrogen and oxygen atoms in total. The number of benzene rings is 1. The molecule has 4 aromatic rings. The van der Waals surface area contributed by atoms with E-state index in [1.54, 1.807) is 4.52 Å². The van der Waals surface area contributed by atoms with Crippen LogP contribution in [0, 0.1) is 12.8 Å². The number of nitrogens with zero attached hydrogens (tertiary/aromatic N) is 3. The van der Waals surface area contributed by atoms with Gasteiger partial charge in [0, 0.05) is 18.2 Å². The zero-order valence-corrected chi connectivity index (χ0v) is 18.0. The monoisotopic (exact) mass is 431 g/mol. The molecule has 1 aromatic carbocycles. The molecule has 3 N–H and O–H groups in total. The number of nitrogens with two attached hydrogens (primary N) is 1. The van der Waals surface area contributed by atoms with Crippen molar-refractivity contribution < 1.29 is 14.1 Å². The van der Waals surface area contributed by atoms with Crippen LogP contribution in [-0.4, -0.2) is 27.3 Å². The van der Waals surface area contributed by atoms with Crippen LogP contribution in [0.3, 0.4) is 0 Å². The number of fused-ring (bicyclic) bond motifs is 1. The lowest BCUT2D eigenvalue weighted by Crippen LogP contribution is -2.39. The van der Waals surface area contributed by atoms with Gasteiger partial charge in [0.05, 0.1) is 16.6 Å². The van der Waals surface area contributed by atoms with Gasteiger partial charge >= 0.3 is 0 Å². The minimum Gasteiger partial charge on any atom is -0.473 e. The van der Waals surface area contributed by atoms with Gasteiger partial charge in [-0.25, -0.2) is 4.52 Å². The largest absolute Gasteiger partial charge is 0.473 e. The summed E-state index contributed by atoms with van der Waals surface area (Å²) in [5.74, 6) is 1.73. The number of carbonyl (C=O) groups is 1. The summed E-state index contributed by atoms with van der Waals surface area (Å²) in [5, 5.41) is 11.4. The molecule has 1 atom stereocenters. The van der Waals surface area contributed by atoms with Crippen LogP contribution in [0.1, 0.15) is 31.1 Å². The Morgan fingerprint density at radius 1 is 1.28 bits per heavy atom. The molecule has 32 heavy (non-hydrogen) atoms. The van der Waals surface area contributed by atoms with Crippen molar-refractivity contribution in [1.82, 2.24) is 14.8 Å². The van der Waals surface area contributed by atoms with Gasteiger partial charge in [0.25, 0.3) is 5.88 Å². The molecule has 1 aliphatic rings. The van der Waals surface area contributed by atoms with E-state index < -0.39 is 5.54 Å². The summed E-state index contributed by atoms with van der Waals surface area (Å²) >= 11 is 0. The molecule has 3 aromatic heterocycles. The quantitative estimate of drug-likeness (QED) is 0.460. The molecule has 0 radical (unpaired) electrons. The Morgan fingerprint density at radius 2 is 2.06 bits per heavy atom. The number of nitrogens with one attached hydrogen (secondary N) is 1. The zero-order chi connectivity index (χ0) is 22.3. The summed E-state index contributed by atoms with van der Waals surface area (Å²) in [6.07, 6.45) is 3.74. The van der Waals surface area contributed by atoms with Crippen LogP contribution < -0.4 is 15.8 Å². The lowest BCUT2D eigenvalue weighted by Gasteiger charge is -2.24. The lowest BCUT2D eigenvalue weighted by atomic mass is 9.94. The van der Waals surface area contributed by atoms with Crippen molar-refractivity contribution in [3.8, 4) is 17.0 Å². The number of aromatic nitrogens is 3. The second-order valence-electron chi connectivity index (χ2n) is 8.57. The Kier molecular flexibility index (Phi) is 4.94. The number of aryl methyl sites for hydroxylation is 1. The number of amides is 1. The summed E-state index contributed by atoms with van der Waals surface area (Å²) in [6, 6.07) is 15.5. The Labute approximate surface area is 185 Å². The van der Waals surface area contributed by atoms with Crippen LogP contribution in [0.25, 0.3) is 16.6 Å². The minimum absolute atomic E-state index is 0.0300. The number of pyridine rings is 1. The lowest BCUT2D eigenvalue weighted by molar-refractivity contribution is -0.117. The van der Waals surface area contributed by atoms with Crippen LogP contribution in [0.2, 0.25) is 0 Å². The molecule has 5 rings (SSSR count). The van der Waals surface area contributed by atoms with Crippen molar-refractivity contribution >= 4 is 17.2 Å². The topological polar surface area (TPSA) is 108 Å². The maximum absolute atomic E-state index is 12.0. The Hall–Kier alpha value is -3.65. The van der Waals surface area contributed by atoms with Gasteiger partial charge in [-0.2, -0.15) is 5.10 Å². The maximum Gasteiger partial charge on any atom is 0.262 e. The molecule has 1 aliphatic carbocycles. The van der Waals surface area contributed by atoms with Crippen LogP contribution in [0.4, 0.5) is 5.82 Å². The van der Waals surface area contributed by atoms with Gasteiger partial charge in [0.15, 0.2) is 5.82 Å². The number of rotatable bonds is 7. The molecule has 0 saturated heterocycles. The summed E-state index contributed by atoms with van der Waals surface area (Å²) in [6.45, 7) is 4.00. The first kappa shape index (κ1) is 20.3. The van der Waals surface area contributed by atoms with Crippen LogP contribution in [0.15, 0.2) is 59.3 Å². The van der Waals surface area contributed by atoms with E-state index in [1.165, 1.54) is 0 Å². The number of carbonyl (C=O) groups excluding carboxylic acids is 1. The molecule has 0 aliphatic heterocycles. The van der Waals surface area contributed by atoms with Crippen LogP contribution in [0.5, 0.6) is 5.88 Å². The first-order chi connectivity index (χ1) is 15.4. The molecular formula is C24H25N5O3. The number of hydrogen-bond donors (Lipinski definition) is 2. The third-order valence-corrected chi connectivity index (χ3v) is 5.72. The van der Waals surface area contributed by atoms with Gasteiger partial charge in [-0.1, -0.05) is 30.3 Å². The molecule has 1 unspecified atom stereocenters. The first-order valence-electron chi connectivity index (χ1n) is 10.6. The predicted octanol–water partition coefficient (Wildman–Crippen LogP) is 3.90. The number of anilines is 1. The van der Waals surface area contributed by atoms with Crippen molar-refractivity contribution in [3.05, 3.63) is 66.1 Å². The van der Waals surface area contributed by atoms with Crippen molar-refractivity contribution in [2.45, 2.75) is 32.2 Å². The average Bonchev–Trinajstić information content (AvgIpc) is 3.47. The van der Waals surface area contributed by atoms with Gasteiger partial charge in [-0.15, -0.1) is 0 Å². The molecule has 8 heteroatoms. The van der Waals surface area contributed by atoms with Crippen LogP contribution in [-0.2, 0) is 10.3 Å². The fraction of sp³-hybridized carbons (Fsp3) is 0.292. The fourth-order valence-electron chi connectivity index (χ4n) is 3.68. The third-order valence-electron chi connectivity index (χ3n) is 5.72. The molecule has 3 heterocycles. The highest BCUT2D eigenvalue weighted by Gasteiger charge is 2.30. The van der Waals surface area contributed by atoms with E-state index in [-0.39, 0.29) is 18.4 Å². The highest BCUT2D eigenvalue weighted by molar-refractivity contribution is 5.93. The second-order valence-corrected chi connectivity index (χ2v) is 8.57. The zero-order valence-electron chi connectivity index (χ0n) is 18.0. The summed E-state index contributed by atoms with van der Waals surface area (Å²) in [5.41, 5.74) is 9.27. The molecule has 164 valence electrons. The Balaban J connectivity index is 1.39. The Bertz CT molecular complexity index is 1270. The van der Waals surface area contributed by atoms with E-state index in [0.29, 0.717) is 17.5 Å². The smallest absolute Gasteiger partial charge is 0.262 e. The third kappa shape index (κ3) is 3.97. The molecule has 1 fully saturated rings. The van der Waals surface area contributed by atoms with E-state index in [2.05, 4.69) is 15.6 Å². The number of ether oxygens (including phenoxy) is 1. The summed E-state index contributed by atoms with van der Waals surface area (Å²) in [7, 11) is 0. The fourth-order valence-corrected chi connectivity index (χ4v) is 3.68. The van der Waals surface area contributed by atoms with Crippen molar-refractivity contribution in [2.24, 2.45) is 11.7 Å². The average molecular weight is 431 g/mol. The van der Waals surface area contributed by atoms with E-state index in [4.69, 9.17) is 15.0 Å². The standard InChI is InChI=1S/C24H25N5O3/c1-15-21(23(28-32-15)31-14-24(2,25)18-6-4-3-5-7-18)17-10-11-29-19(12-17)13-20(27-29)26-22(30)16-8-9-16/h3-7,10-13,16H,8-9,14,25H2,1-2H3,(H,26,27,30). The summed E-state index contributed by atoms with van der Waals surface area (Å²) in [4.78, 5) is 12.0. The highest BCUT2D eigenvalue weighted by Crippen LogP contribution is 2.35. The van der Waals surface area contributed by atoms with Gasteiger partial charge < -0.3 is 20.3 Å². The highest BCUT2D eigenvalue weighted by atomic mass is 16.5. The summed E-state index contributed by atoms with van der Waals surface area (Å²) < 4.78 is 13.2. The van der Waals surface area contributed by atoms with Gasteiger partial charge in [0.1, 0.15) is 12.4 Å². The van der Waals surface area contributed by atoms with E-state index in [0.717, 1.165) is 35.0 Å². The van der Waals surface area contributed by atoms with E-state index in [1.807, 2.05) is 68.6 Å². The van der Waals surface area contributed by atoms with Gasteiger partial charge in [-0.3, -0.25) is 4.79 Å².